The molecule has 3 aromatic rings. The lowest BCUT2D eigenvalue weighted by Gasteiger charge is -2.32. The molecule has 4 rings (SSSR count). The van der Waals surface area contributed by atoms with Crippen LogP contribution < -0.4 is 5.32 Å². The summed E-state index contributed by atoms with van der Waals surface area (Å²) in [4.78, 5) is 4.29. The van der Waals surface area contributed by atoms with Crippen LogP contribution in [-0.4, -0.2) is 30.8 Å². The third-order valence-corrected chi connectivity index (χ3v) is 5.06. The zero-order valence-electron chi connectivity index (χ0n) is 14.8. The smallest absolute Gasteiger partial charge is 0.0771 e. The molecule has 0 saturated carbocycles. The highest BCUT2D eigenvalue weighted by atomic mass is 16.5. The second kappa shape index (κ2) is 8.26. The van der Waals surface area contributed by atoms with E-state index >= 15 is 0 Å². The molecule has 1 aromatic heterocycles. The van der Waals surface area contributed by atoms with Crippen LogP contribution in [0.25, 0.3) is 11.1 Å². The van der Waals surface area contributed by atoms with Gasteiger partial charge in [-0.05, 0) is 29.2 Å². The van der Waals surface area contributed by atoms with E-state index in [-0.39, 0.29) is 6.10 Å². The quantitative estimate of drug-likeness (QED) is 0.758. The maximum atomic E-state index is 6.14. The molecular weight excluding hydrogens is 320 g/mol. The minimum Gasteiger partial charge on any atom is -0.375 e. The molecule has 1 aliphatic rings. The van der Waals surface area contributed by atoms with Gasteiger partial charge in [0, 0.05) is 37.0 Å². The Hall–Kier alpha value is -2.49. The maximum absolute atomic E-state index is 6.14. The molecule has 0 spiro atoms. The Morgan fingerprint density at radius 3 is 2.62 bits per heavy atom. The summed E-state index contributed by atoms with van der Waals surface area (Å²) in [5.41, 5.74) is 5.09. The van der Waals surface area contributed by atoms with Gasteiger partial charge in [0.1, 0.15) is 0 Å². The molecule has 0 bridgehead atoms. The van der Waals surface area contributed by atoms with Gasteiger partial charge in [0.25, 0.3) is 0 Å². The molecule has 0 amide bonds. The van der Waals surface area contributed by atoms with Crippen LogP contribution in [0.4, 0.5) is 0 Å². The molecule has 0 radical (unpaired) electrons. The van der Waals surface area contributed by atoms with Gasteiger partial charge in [-0.2, -0.15) is 0 Å². The number of pyridine rings is 1. The average molecular weight is 344 g/mol. The molecule has 1 saturated heterocycles. The van der Waals surface area contributed by atoms with E-state index in [1.165, 1.54) is 16.7 Å². The molecule has 26 heavy (non-hydrogen) atoms. The predicted octanol–water partition coefficient (Wildman–Crippen LogP) is 4.06. The van der Waals surface area contributed by atoms with Crippen molar-refractivity contribution in [2.24, 2.45) is 0 Å². The van der Waals surface area contributed by atoms with Gasteiger partial charge < -0.3 is 10.1 Å². The lowest BCUT2D eigenvalue weighted by molar-refractivity contribution is 0.0110. The predicted molar refractivity (Wildman–Crippen MR) is 105 cm³/mol. The van der Waals surface area contributed by atoms with Crippen molar-refractivity contribution in [1.82, 2.24) is 10.3 Å². The fourth-order valence-corrected chi connectivity index (χ4v) is 3.75. The van der Waals surface area contributed by atoms with Crippen molar-refractivity contribution in [1.29, 1.82) is 0 Å². The summed E-state index contributed by atoms with van der Waals surface area (Å²) in [6.07, 6.45) is 4.89. The van der Waals surface area contributed by atoms with E-state index in [0.29, 0.717) is 5.92 Å². The molecule has 2 aromatic carbocycles. The first kappa shape index (κ1) is 17.0. The second-order valence-electron chi connectivity index (χ2n) is 6.73. The van der Waals surface area contributed by atoms with Crippen LogP contribution >= 0.6 is 0 Å². The topological polar surface area (TPSA) is 34.2 Å². The largest absolute Gasteiger partial charge is 0.375 e. The zero-order valence-corrected chi connectivity index (χ0v) is 14.8. The Balaban J connectivity index is 1.68. The number of nitrogens with one attached hydrogen (secondary N) is 1. The van der Waals surface area contributed by atoms with Crippen molar-refractivity contribution in [3.8, 4) is 11.1 Å². The molecule has 2 atom stereocenters. The molecule has 3 heteroatoms. The minimum absolute atomic E-state index is 0.188. The highest BCUT2D eigenvalue weighted by Gasteiger charge is 2.27. The first-order valence-electron chi connectivity index (χ1n) is 9.27. The van der Waals surface area contributed by atoms with Gasteiger partial charge in [0.2, 0.25) is 0 Å². The molecular formula is C23H24N2O. The van der Waals surface area contributed by atoms with Crippen molar-refractivity contribution in [3.05, 3.63) is 90.3 Å². The van der Waals surface area contributed by atoms with Gasteiger partial charge in [0.15, 0.2) is 0 Å². The van der Waals surface area contributed by atoms with E-state index < -0.39 is 0 Å². The third kappa shape index (κ3) is 3.85. The van der Waals surface area contributed by atoms with Crippen LogP contribution in [0.1, 0.15) is 17.0 Å². The normalized spacial score (nSPS) is 18.4. The fourth-order valence-electron chi connectivity index (χ4n) is 3.75. The van der Waals surface area contributed by atoms with Crippen molar-refractivity contribution >= 4 is 0 Å². The summed E-state index contributed by atoms with van der Waals surface area (Å²) in [6, 6.07) is 23.5. The standard InChI is InChI=1S/C23H24N2O/c1-2-7-18(8-3-1)22(23-17-25-13-14-26-23)15-19-9-4-5-11-21(19)20-10-6-12-24-16-20/h1-12,16,22-23,25H,13-15,17H2. The van der Waals surface area contributed by atoms with Crippen molar-refractivity contribution < 1.29 is 4.74 Å². The molecule has 2 unspecified atom stereocenters. The molecule has 1 fully saturated rings. The van der Waals surface area contributed by atoms with Crippen LogP contribution in [0.3, 0.4) is 0 Å². The Labute approximate surface area is 155 Å². The van der Waals surface area contributed by atoms with Crippen LogP contribution in [0, 0.1) is 0 Å². The highest BCUT2D eigenvalue weighted by Crippen LogP contribution is 2.31. The fraction of sp³-hybridized carbons (Fsp3) is 0.261. The summed E-state index contributed by atoms with van der Waals surface area (Å²) in [7, 11) is 0. The van der Waals surface area contributed by atoms with Gasteiger partial charge in [-0.3, -0.25) is 4.98 Å². The Kier molecular flexibility index (Phi) is 5.38. The molecule has 132 valence electrons. The summed E-state index contributed by atoms with van der Waals surface area (Å²) in [6.45, 7) is 2.61. The first-order chi connectivity index (χ1) is 12.9. The SMILES string of the molecule is c1ccc(C(Cc2ccccc2-c2cccnc2)C2CNCCO2)cc1. The lowest BCUT2D eigenvalue weighted by atomic mass is 9.84. The van der Waals surface area contributed by atoms with Crippen LogP contribution in [0.15, 0.2) is 79.1 Å². The lowest BCUT2D eigenvalue weighted by Crippen LogP contribution is -2.42. The number of ether oxygens (including phenoxy) is 1. The molecule has 0 aliphatic carbocycles. The molecule has 1 aliphatic heterocycles. The van der Waals surface area contributed by atoms with Gasteiger partial charge >= 0.3 is 0 Å². The van der Waals surface area contributed by atoms with Gasteiger partial charge in [-0.15, -0.1) is 0 Å². The number of hydrogen-bond donors (Lipinski definition) is 1. The van der Waals surface area contributed by atoms with Gasteiger partial charge in [0.05, 0.1) is 12.7 Å². The van der Waals surface area contributed by atoms with Gasteiger partial charge in [-0.1, -0.05) is 60.7 Å². The average Bonchev–Trinajstić information content (AvgIpc) is 2.74. The maximum Gasteiger partial charge on any atom is 0.0771 e. The third-order valence-electron chi connectivity index (χ3n) is 5.06. The summed E-state index contributed by atoms with van der Waals surface area (Å²) < 4.78 is 6.14. The van der Waals surface area contributed by atoms with E-state index in [1.807, 2.05) is 18.5 Å². The number of rotatable bonds is 5. The van der Waals surface area contributed by atoms with E-state index in [9.17, 15) is 0 Å². The van der Waals surface area contributed by atoms with Crippen molar-refractivity contribution in [2.45, 2.75) is 18.4 Å². The van der Waals surface area contributed by atoms with E-state index in [1.54, 1.807) is 0 Å². The van der Waals surface area contributed by atoms with Crippen LogP contribution in [-0.2, 0) is 11.2 Å². The monoisotopic (exact) mass is 344 g/mol. The highest BCUT2D eigenvalue weighted by molar-refractivity contribution is 5.66. The molecule has 3 nitrogen and oxygen atoms in total. The number of benzene rings is 2. The van der Waals surface area contributed by atoms with Crippen molar-refractivity contribution in [2.75, 3.05) is 19.7 Å². The van der Waals surface area contributed by atoms with E-state index in [0.717, 1.165) is 31.7 Å². The Morgan fingerprint density at radius 1 is 1.00 bits per heavy atom. The Bertz CT molecular complexity index is 814. The number of morpholine rings is 1. The number of hydrogen-bond acceptors (Lipinski definition) is 3. The summed E-state index contributed by atoms with van der Waals surface area (Å²) in [5, 5.41) is 3.48. The number of aromatic nitrogens is 1. The van der Waals surface area contributed by atoms with Crippen LogP contribution in [0.2, 0.25) is 0 Å². The molecule has 2 heterocycles. The van der Waals surface area contributed by atoms with Crippen LogP contribution in [0.5, 0.6) is 0 Å². The van der Waals surface area contributed by atoms with E-state index in [4.69, 9.17) is 4.74 Å². The summed E-state index contributed by atoms with van der Waals surface area (Å²) in [5.74, 6) is 0.321. The second-order valence-corrected chi connectivity index (χ2v) is 6.73. The van der Waals surface area contributed by atoms with E-state index in [2.05, 4.69) is 71.0 Å². The van der Waals surface area contributed by atoms with Gasteiger partial charge in [-0.25, -0.2) is 0 Å². The minimum atomic E-state index is 0.188. The first-order valence-corrected chi connectivity index (χ1v) is 9.27. The molecule has 1 N–H and O–H groups in total. The summed E-state index contributed by atoms with van der Waals surface area (Å²) >= 11 is 0. The Morgan fingerprint density at radius 2 is 1.85 bits per heavy atom. The zero-order chi connectivity index (χ0) is 17.6. The van der Waals surface area contributed by atoms with Crippen molar-refractivity contribution in [3.63, 3.8) is 0 Å². The number of nitrogens with zero attached hydrogens (tertiary/aromatic N) is 1.